The molecule has 0 spiro atoms. The quantitative estimate of drug-likeness (QED) is 0.289. The molecule has 0 aromatic carbocycles. The molecule has 0 saturated carbocycles. The van der Waals surface area contributed by atoms with Crippen molar-refractivity contribution in [2.75, 3.05) is 39.6 Å². The molecule has 0 aromatic rings. The van der Waals surface area contributed by atoms with Crippen LogP contribution in [0.5, 0.6) is 0 Å². The van der Waals surface area contributed by atoms with Gasteiger partial charge < -0.3 is 35.7 Å². The van der Waals surface area contributed by atoms with Crippen molar-refractivity contribution >= 4 is 0 Å². The number of rotatable bonds is 7. The van der Waals surface area contributed by atoms with E-state index in [1.165, 1.54) is 6.92 Å². The van der Waals surface area contributed by atoms with Crippen LogP contribution in [-0.4, -0.2) is 81.5 Å². The van der Waals surface area contributed by atoms with Gasteiger partial charge in [-0.05, 0) is 19.8 Å². The van der Waals surface area contributed by atoms with Crippen LogP contribution in [0, 0.1) is 5.41 Å². The molecule has 1 atom stereocenters. The zero-order valence-electron chi connectivity index (χ0n) is 11.9. The maximum Gasteiger partial charge on any atom is 0.0742 e. The van der Waals surface area contributed by atoms with Crippen molar-refractivity contribution in [3.63, 3.8) is 0 Å². The molecule has 0 rings (SSSR count). The molecule has 7 heteroatoms. The summed E-state index contributed by atoms with van der Waals surface area (Å²) in [4.78, 5) is 0. The molecule has 0 amide bonds. The molecule has 7 nitrogen and oxygen atoms in total. The van der Waals surface area contributed by atoms with E-state index in [0.29, 0.717) is 12.8 Å². The van der Waals surface area contributed by atoms with Crippen molar-refractivity contribution in [3.8, 4) is 0 Å². The van der Waals surface area contributed by atoms with Gasteiger partial charge in [-0.15, -0.1) is 0 Å². The van der Waals surface area contributed by atoms with Gasteiger partial charge in [0.15, 0.2) is 0 Å². The van der Waals surface area contributed by atoms with E-state index >= 15 is 0 Å². The number of hydrogen-bond acceptors (Lipinski definition) is 7. The van der Waals surface area contributed by atoms with E-state index in [4.69, 9.17) is 35.7 Å². The molecule has 7 N–H and O–H groups in total. The summed E-state index contributed by atoms with van der Waals surface area (Å²) < 4.78 is 0. The van der Waals surface area contributed by atoms with Gasteiger partial charge in [0.25, 0.3) is 0 Å². The van der Waals surface area contributed by atoms with Crippen LogP contribution in [0.2, 0.25) is 0 Å². The summed E-state index contributed by atoms with van der Waals surface area (Å²) >= 11 is 0. The largest absolute Gasteiger partial charge is 0.396 e. The van der Waals surface area contributed by atoms with Crippen LogP contribution in [-0.2, 0) is 0 Å². The Kier molecular flexibility index (Phi) is 22.2. The fourth-order valence-electron chi connectivity index (χ4n) is 0.556. The molecule has 0 saturated heterocycles. The minimum Gasteiger partial charge on any atom is -0.396 e. The van der Waals surface area contributed by atoms with Crippen LogP contribution in [0.15, 0.2) is 0 Å². The second-order valence-corrected chi connectivity index (χ2v) is 4.16. The Labute approximate surface area is 114 Å². The monoisotopic (exact) mass is 286 g/mol. The molecule has 0 fully saturated rings. The topological polar surface area (TPSA) is 142 Å². The molecule has 0 aliphatic carbocycles. The maximum absolute atomic E-state index is 8.66. The van der Waals surface area contributed by atoms with E-state index in [2.05, 4.69) is 0 Å². The first-order valence-electron chi connectivity index (χ1n) is 6.26. The summed E-state index contributed by atoms with van der Waals surface area (Å²) in [5, 5.41) is 57.8. The highest BCUT2D eigenvalue weighted by molar-refractivity contribution is 4.74. The first-order chi connectivity index (χ1) is 8.93. The molecule has 120 valence electrons. The number of aliphatic hydroxyl groups excluding tert-OH is 7. The minimum absolute atomic E-state index is 0.0938. The van der Waals surface area contributed by atoms with Crippen molar-refractivity contribution in [3.05, 3.63) is 0 Å². The molecule has 19 heavy (non-hydrogen) atoms. The van der Waals surface area contributed by atoms with Gasteiger partial charge in [0, 0.05) is 18.6 Å². The van der Waals surface area contributed by atoms with Crippen LogP contribution in [0.4, 0.5) is 0 Å². The van der Waals surface area contributed by atoms with Gasteiger partial charge in [0.1, 0.15) is 0 Å². The third-order valence-electron chi connectivity index (χ3n) is 2.34. The van der Waals surface area contributed by atoms with Gasteiger partial charge in [0.05, 0.1) is 32.5 Å². The smallest absolute Gasteiger partial charge is 0.0742 e. The van der Waals surface area contributed by atoms with E-state index in [9.17, 15) is 0 Å². The molecule has 0 aliphatic heterocycles. The van der Waals surface area contributed by atoms with Gasteiger partial charge in [-0.1, -0.05) is 6.92 Å². The molecule has 0 radical (unpaired) electrons. The zero-order valence-corrected chi connectivity index (χ0v) is 11.9. The van der Waals surface area contributed by atoms with E-state index in [1.807, 2.05) is 6.92 Å². The first kappa shape index (κ1) is 23.8. The third-order valence-corrected chi connectivity index (χ3v) is 2.34. The van der Waals surface area contributed by atoms with Gasteiger partial charge in [-0.25, -0.2) is 0 Å². The highest BCUT2D eigenvalue weighted by Crippen LogP contribution is 2.18. The Hall–Kier alpha value is -0.280. The van der Waals surface area contributed by atoms with E-state index in [0.717, 1.165) is 0 Å². The van der Waals surface area contributed by atoms with Crippen molar-refractivity contribution in [1.82, 2.24) is 0 Å². The van der Waals surface area contributed by atoms with Gasteiger partial charge >= 0.3 is 0 Å². The molecule has 0 aliphatic rings. The van der Waals surface area contributed by atoms with E-state index in [1.54, 1.807) is 0 Å². The van der Waals surface area contributed by atoms with Gasteiger partial charge in [0.2, 0.25) is 0 Å². The Morgan fingerprint density at radius 2 is 1.16 bits per heavy atom. The maximum atomic E-state index is 8.66. The summed E-state index contributed by atoms with van der Waals surface area (Å²) in [6.45, 7) is 2.93. The van der Waals surface area contributed by atoms with Crippen LogP contribution in [0.1, 0.15) is 26.7 Å². The summed E-state index contributed by atoms with van der Waals surface area (Å²) in [5.41, 5.74) is -0.667. The number of hydrogen-bond donors (Lipinski definition) is 7. The van der Waals surface area contributed by atoms with Crippen LogP contribution >= 0.6 is 0 Å². The molecule has 0 heterocycles. The Balaban J connectivity index is -0.000000219. The summed E-state index contributed by atoms with van der Waals surface area (Å²) in [7, 11) is 0. The lowest BCUT2D eigenvalue weighted by Crippen LogP contribution is -2.32. The second kappa shape index (κ2) is 17.7. The predicted octanol–water partition coefficient (Wildman–Crippen LogP) is -1.92. The van der Waals surface area contributed by atoms with Gasteiger partial charge in [-0.2, -0.15) is 0 Å². The standard InChI is InChI=1S/C6H14O3.2C3H8O2/c1-2-6(3-7,4-8)5-9;1-3(5)2-4;4-2-1-3-5/h7-9H,2-5H2,1H3;3-5H,2H2,1H3;4-5H,1-3H2. The molecular weight excluding hydrogens is 256 g/mol. The average molecular weight is 286 g/mol. The van der Waals surface area contributed by atoms with Crippen molar-refractivity contribution in [2.24, 2.45) is 5.41 Å². The summed E-state index contributed by atoms with van der Waals surface area (Å²) in [6, 6.07) is 0. The van der Waals surface area contributed by atoms with Crippen molar-refractivity contribution in [2.45, 2.75) is 32.8 Å². The lowest BCUT2D eigenvalue weighted by atomic mass is 9.88. The molecule has 0 aromatic heterocycles. The number of aliphatic hydroxyl groups is 7. The molecule has 1 unspecified atom stereocenters. The highest BCUT2D eigenvalue weighted by atomic mass is 16.3. The Bertz CT molecular complexity index is 130. The highest BCUT2D eigenvalue weighted by Gasteiger charge is 2.24. The third kappa shape index (κ3) is 17.7. The van der Waals surface area contributed by atoms with E-state index < -0.39 is 11.5 Å². The summed E-state index contributed by atoms with van der Waals surface area (Å²) in [6.07, 6.45) is 0.534. The van der Waals surface area contributed by atoms with Crippen LogP contribution in [0.3, 0.4) is 0 Å². The summed E-state index contributed by atoms with van der Waals surface area (Å²) in [5.74, 6) is 0. The molecule has 0 bridgehead atoms. The second-order valence-electron chi connectivity index (χ2n) is 4.16. The predicted molar refractivity (Wildman–Crippen MR) is 71.5 cm³/mol. The average Bonchev–Trinajstić information content (AvgIpc) is 2.44. The van der Waals surface area contributed by atoms with Crippen molar-refractivity contribution in [1.29, 1.82) is 0 Å². The lowest BCUT2D eigenvalue weighted by Gasteiger charge is -2.24. The van der Waals surface area contributed by atoms with Crippen molar-refractivity contribution < 1.29 is 35.7 Å². The lowest BCUT2D eigenvalue weighted by molar-refractivity contribution is 0.00304. The normalized spacial score (nSPS) is 11.8. The zero-order chi connectivity index (χ0) is 15.7. The Morgan fingerprint density at radius 3 is 1.16 bits per heavy atom. The minimum atomic E-state index is -0.667. The Morgan fingerprint density at radius 1 is 0.842 bits per heavy atom. The molecular formula is C12H30O7. The first-order valence-corrected chi connectivity index (χ1v) is 6.26. The SMILES string of the molecule is CC(O)CO.CCC(CO)(CO)CO.OCCCO. The fraction of sp³-hybridized carbons (Fsp3) is 1.00. The van der Waals surface area contributed by atoms with E-state index in [-0.39, 0.29) is 39.6 Å². The fourth-order valence-corrected chi connectivity index (χ4v) is 0.556. The van der Waals surface area contributed by atoms with Gasteiger partial charge in [-0.3, -0.25) is 0 Å². The van der Waals surface area contributed by atoms with Crippen LogP contribution in [0.25, 0.3) is 0 Å². The van der Waals surface area contributed by atoms with Crippen LogP contribution < -0.4 is 0 Å².